The van der Waals surface area contributed by atoms with E-state index < -0.39 is 12.1 Å². The first kappa shape index (κ1) is 13.7. The lowest BCUT2D eigenvalue weighted by Gasteiger charge is -1.90. The highest BCUT2D eigenvalue weighted by atomic mass is 16.4. The van der Waals surface area contributed by atoms with Gasteiger partial charge in [0.1, 0.15) is 0 Å². The zero-order valence-electron chi connectivity index (χ0n) is 7.61. The Morgan fingerprint density at radius 1 is 1.58 bits per heavy atom. The molecule has 0 aromatic rings. The van der Waals surface area contributed by atoms with E-state index in [0.29, 0.717) is 5.57 Å². The average Bonchev–Trinajstić information content (AvgIpc) is 2.04. The molecule has 12 heavy (non-hydrogen) atoms. The number of hydrogen-bond donors (Lipinski definition) is 3. The zero-order valence-corrected chi connectivity index (χ0v) is 7.61. The third-order valence-corrected chi connectivity index (χ3v) is 1.03. The van der Waals surface area contributed by atoms with Crippen LogP contribution in [0.15, 0.2) is 11.6 Å². The number of carboxylic acid groups (broad SMARTS) is 1. The van der Waals surface area contributed by atoms with Gasteiger partial charge in [0, 0.05) is 5.57 Å². The van der Waals surface area contributed by atoms with Crippen molar-refractivity contribution in [3.63, 3.8) is 0 Å². The van der Waals surface area contributed by atoms with Crippen LogP contribution in [0.3, 0.4) is 0 Å². The third-order valence-electron chi connectivity index (χ3n) is 1.03. The van der Waals surface area contributed by atoms with Gasteiger partial charge in [-0.05, 0) is 20.8 Å². The molecule has 0 heterocycles. The van der Waals surface area contributed by atoms with Gasteiger partial charge in [0.25, 0.3) is 0 Å². The van der Waals surface area contributed by atoms with Gasteiger partial charge < -0.3 is 15.3 Å². The molecule has 0 rings (SSSR count). The Bertz CT molecular complexity index is 149. The SMILES string of the molecule is CC(O)CO.CC=C(C)C(=O)O. The van der Waals surface area contributed by atoms with Crippen LogP contribution in [0.5, 0.6) is 0 Å². The third kappa shape index (κ3) is 11.9. The summed E-state index contributed by atoms with van der Waals surface area (Å²) in [5, 5.41) is 24.1. The van der Waals surface area contributed by atoms with E-state index in [1.165, 1.54) is 6.92 Å². The lowest BCUT2D eigenvalue weighted by atomic mass is 10.3. The van der Waals surface area contributed by atoms with Crippen molar-refractivity contribution < 1.29 is 20.1 Å². The number of carboxylic acids is 1. The second kappa shape index (κ2) is 8.23. The molecule has 0 aliphatic rings. The van der Waals surface area contributed by atoms with Crippen molar-refractivity contribution in [3.8, 4) is 0 Å². The molecule has 1 atom stereocenters. The second-order valence-corrected chi connectivity index (χ2v) is 2.31. The van der Waals surface area contributed by atoms with Crippen LogP contribution in [0, 0.1) is 0 Å². The normalized spacial score (nSPS) is 12.9. The van der Waals surface area contributed by atoms with Gasteiger partial charge >= 0.3 is 5.97 Å². The molecule has 0 fully saturated rings. The maximum atomic E-state index is 9.86. The summed E-state index contributed by atoms with van der Waals surface area (Å²) < 4.78 is 0. The Hall–Kier alpha value is -0.870. The molecule has 0 aliphatic heterocycles. The summed E-state index contributed by atoms with van der Waals surface area (Å²) in [7, 11) is 0. The number of aliphatic hydroxyl groups is 2. The van der Waals surface area contributed by atoms with E-state index in [1.807, 2.05) is 0 Å². The lowest BCUT2D eigenvalue weighted by Crippen LogP contribution is -2.03. The molecular formula is C8H16O4. The molecule has 72 valence electrons. The van der Waals surface area contributed by atoms with Gasteiger partial charge in [-0.25, -0.2) is 4.79 Å². The first-order chi connectivity index (χ1) is 5.45. The first-order valence-corrected chi connectivity index (χ1v) is 3.60. The molecule has 0 aliphatic carbocycles. The van der Waals surface area contributed by atoms with Gasteiger partial charge in [0.15, 0.2) is 0 Å². The highest BCUT2D eigenvalue weighted by molar-refractivity contribution is 5.85. The summed E-state index contributed by atoms with van der Waals surface area (Å²) in [5.41, 5.74) is 0.389. The quantitative estimate of drug-likeness (QED) is 0.532. The van der Waals surface area contributed by atoms with E-state index in [0.717, 1.165) is 0 Å². The lowest BCUT2D eigenvalue weighted by molar-refractivity contribution is -0.132. The highest BCUT2D eigenvalue weighted by Gasteiger charge is 1.93. The summed E-state index contributed by atoms with van der Waals surface area (Å²) in [5.74, 6) is -0.845. The van der Waals surface area contributed by atoms with Crippen LogP contribution < -0.4 is 0 Å². The standard InChI is InChI=1S/C5H8O2.C3H8O2/c1-3-4(2)5(6)7;1-3(5)2-4/h3H,1-2H3,(H,6,7);3-5H,2H2,1H3. The van der Waals surface area contributed by atoms with Gasteiger partial charge in [-0.3, -0.25) is 0 Å². The molecule has 0 saturated carbocycles. The van der Waals surface area contributed by atoms with Crippen molar-refractivity contribution >= 4 is 5.97 Å². The van der Waals surface area contributed by atoms with Crippen molar-refractivity contribution in [1.29, 1.82) is 0 Å². The van der Waals surface area contributed by atoms with E-state index >= 15 is 0 Å². The van der Waals surface area contributed by atoms with Crippen molar-refractivity contribution in [2.24, 2.45) is 0 Å². The first-order valence-electron chi connectivity index (χ1n) is 3.60. The van der Waals surface area contributed by atoms with Gasteiger partial charge in [0.2, 0.25) is 0 Å². The van der Waals surface area contributed by atoms with Gasteiger partial charge in [-0.15, -0.1) is 0 Å². The maximum absolute atomic E-state index is 9.86. The molecule has 1 unspecified atom stereocenters. The number of carbonyl (C=O) groups is 1. The number of hydrogen-bond acceptors (Lipinski definition) is 3. The van der Waals surface area contributed by atoms with E-state index in [1.54, 1.807) is 19.9 Å². The van der Waals surface area contributed by atoms with Crippen LogP contribution in [-0.2, 0) is 4.79 Å². The van der Waals surface area contributed by atoms with Crippen LogP contribution >= 0.6 is 0 Å². The van der Waals surface area contributed by atoms with Crippen LogP contribution in [0.1, 0.15) is 20.8 Å². The fourth-order valence-electron chi connectivity index (χ4n) is 0.123. The molecule has 0 aromatic heterocycles. The Morgan fingerprint density at radius 3 is 1.92 bits per heavy atom. The minimum Gasteiger partial charge on any atom is -0.478 e. The topological polar surface area (TPSA) is 77.8 Å². The van der Waals surface area contributed by atoms with Crippen LogP contribution in [0.4, 0.5) is 0 Å². The number of rotatable bonds is 2. The maximum Gasteiger partial charge on any atom is 0.330 e. The van der Waals surface area contributed by atoms with Gasteiger partial charge in [-0.1, -0.05) is 6.08 Å². The molecule has 0 bridgehead atoms. The predicted octanol–water partition coefficient (Wildman–Crippen LogP) is 0.397. The molecule has 0 amide bonds. The van der Waals surface area contributed by atoms with Crippen molar-refractivity contribution in [2.45, 2.75) is 26.9 Å². The van der Waals surface area contributed by atoms with Crippen LogP contribution in [0.2, 0.25) is 0 Å². The minimum atomic E-state index is -0.845. The fourth-order valence-corrected chi connectivity index (χ4v) is 0.123. The number of aliphatic hydroxyl groups excluding tert-OH is 2. The fraction of sp³-hybridized carbons (Fsp3) is 0.625. The summed E-state index contributed by atoms with van der Waals surface area (Å²) >= 11 is 0. The van der Waals surface area contributed by atoms with Crippen LogP contribution in [0.25, 0.3) is 0 Å². The van der Waals surface area contributed by atoms with E-state index in [-0.39, 0.29) is 6.61 Å². The van der Waals surface area contributed by atoms with E-state index in [4.69, 9.17) is 15.3 Å². The Balaban J connectivity index is 0. The molecule has 0 saturated heterocycles. The highest BCUT2D eigenvalue weighted by Crippen LogP contribution is 1.87. The van der Waals surface area contributed by atoms with E-state index in [9.17, 15) is 4.79 Å². The number of aliphatic carboxylic acids is 1. The predicted molar refractivity (Wildman–Crippen MR) is 45.8 cm³/mol. The molecule has 3 N–H and O–H groups in total. The summed E-state index contributed by atoms with van der Waals surface area (Å²) in [4.78, 5) is 9.86. The van der Waals surface area contributed by atoms with Crippen molar-refractivity contribution in [3.05, 3.63) is 11.6 Å². The second-order valence-electron chi connectivity index (χ2n) is 2.31. The molecule has 0 radical (unpaired) electrons. The minimum absolute atomic E-state index is 0.139. The van der Waals surface area contributed by atoms with Crippen molar-refractivity contribution in [1.82, 2.24) is 0 Å². The zero-order chi connectivity index (χ0) is 10.1. The summed E-state index contributed by atoms with van der Waals surface area (Å²) in [6.07, 6.45) is 0.998. The Labute approximate surface area is 72.2 Å². The Kier molecular flexibility index (Phi) is 9.40. The van der Waals surface area contributed by atoms with E-state index in [2.05, 4.69) is 0 Å². The van der Waals surface area contributed by atoms with Gasteiger partial charge in [-0.2, -0.15) is 0 Å². The van der Waals surface area contributed by atoms with Gasteiger partial charge in [0.05, 0.1) is 12.7 Å². The van der Waals surface area contributed by atoms with Crippen LogP contribution in [-0.4, -0.2) is 34.0 Å². The molecule has 4 heteroatoms. The summed E-state index contributed by atoms with van der Waals surface area (Å²) in [6.45, 7) is 4.64. The number of allylic oxidation sites excluding steroid dienone is 1. The summed E-state index contributed by atoms with van der Waals surface area (Å²) in [6, 6.07) is 0. The average molecular weight is 176 g/mol. The smallest absolute Gasteiger partial charge is 0.330 e. The molecule has 0 spiro atoms. The molecular weight excluding hydrogens is 160 g/mol. The molecule has 0 aromatic carbocycles. The largest absolute Gasteiger partial charge is 0.478 e. The van der Waals surface area contributed by atoms with Crippen molar-refractivity contribution in [2.75, 3.05) is 6.61 Å². The Morgan fingerprint density at radius 2 is 1.92 bits per heavy atom. The molecule has 4 nitrogen and oxygen atoms in total. The monoisotopic (exact) mass is 176 g/mol.